The summed E-state index contributed by atoms with van der Waals surface area (Å²) in [7, 11) is 0. The van der Waals surface area contributed by atoms with Crippen molar-refractivity contribution in [1.82, 2.24) is 9.97 Å². The van der Waals surface area contributed by atoms with Crippen molar-refractivity contribution in [3.63, 3.8) is 0 Å². The van der Waals surface area contributed by atoms with Crippen LogP contribution in [0.15, 0.2) is 36.4 Å². The van der Waals surface area contributed by atoms with Crippen LogP contribution in [0.25, 0.3) is 11.4 Å². The van der Waals surface area contributed by atoms with Crippen LogP contribution in [-0.2, 0) is 0 Å². The number of hydrazine groups is 1. The second-order valence-electron chi connectivity index (χ2n) is 5.93. The zero-order valence-corrected chi connectivity index (χ0v) is 11.9. The van der Waals surface area contributed by atoms with Gasteiger partial charge in [0.05, 0.1) is 0 Å². The third-order valence-corrected chi connectivity index (χ3v) is 4.60. The molecule has 1 aliphatic carbocycles. The number of nitrogens with two attached hydrogens (primary N) is 1. The molecular weight excluding hydrogens is 262 g/mol. The lowest BCUT2D eigenvalue weighted by Crippen LogP contribution is -2.32. The average Bonchev–Trinajstić information content (AvgIpc) is 3.18. The van der Waals surface area contributed by atoms with Crippen molar-refractivity contribution in [2.24, 2.45) is 11.8 Å². The van der Waals surface area contributed by atoms with Crippen molar-refractivity contribution in [3.8, 4) is 11.4 Å². The van der Waals surface area contributed by atoms with E-state index in [0.717, 1.165) is 29.7 Å². The first-order valence-electron chi connectivity index (χ1n) is 7.51. The SMILES string of the molecule is NNc1cc(N2CC3CCC2C3)nc(-c2ccccc2)n1. The smallest absolute Gasteiger partial charge is 0.163 e. The van der Waals surface area contributed by atoms with Gasteiger partial charge in [0.15, 0.2) is 5.82 Å². The molecule has 1 saturated heterocycles. The van der Waals surface area contributed by atoms with E-state index in [4.69, 9.17) is 10.8 Å². The van der Waals surface area contributed by atoms with Gasteiger partial charge in [0, 0.05) is 24.2 Å². The summed E-state index contributed by atoms with van der Waals surface area (Å²) in [6, 6.07) is 12.6. The molecule has 3 N–H and O–H groups in total. The summed E-state index contributed by atoms with van der Waals surface area (Å²) >= 11 is 0. The lowest BCUT2D eigenvalue weighted by molar-refractivity contribution is 0.550. The molecule has 4 rings (SSSR count). The molecule has 1 aliphatic heterocycles. The van der Waals surface area contributed by atoms with Crippen molar-refractivity contribution in [3.05, 3.63) is 36.4 Å². The number of nitrogens with one attached hydrogen (secondary N) is 1. The van der Waals surface area contributed by atoms with Crippen molar-refractivity contribution < 1.29 is 0 Å². The molecule has 5 heteroatoms. The van der Waals surface area contributed by atoms with Crippen molar-refractivity contribution in [2.75, 3.05) is 16.9 Å². The van der Waals surface area contributed by atoms with Gasteiger partial charge in [0.2, 0.25) is 0 Å². The molecule has 2 bridgehead atoms. The van der Waals surface area contributed by atoms with E-state index in [9.17, 15) is 0 Å². The molecule has 2 aliphatic rings. The van der Waals surface area contributed by atoms with Gasteiger partial charge in [-0.15, -0.1) is 0 Å². The number of piperidine rings is 1. The molecule has 1 aromatic carbocycles. The Bertz CT molecular complexity index is 642. The Morgan fingerprint density at radius 1 is 1.14 bits per heavy atom. The summed E-state index contributed by atoms with van der Waals surface area (Å²) in [5.74, 6) is 8.80. The number of benzene rings is 1. The minimum Gasteiger partial charge on any atom is -0.353 e. The number of hydrogen-bond donors (Lipinski definition) is 2. The van der Waals surface area contributed by atoms with E-state index in [1.807, 2.05) is 36.4 Å². The largest absolute Gasteiger partial charge is 0.353 e. The maximum atomic E-state index is 5.58. The van der Waals surface area contributed by atoms with Crippen LogP contribution in [0.5, 0.6) is 0 Å². The van der Waals surface area contributed by atoms with Crippen LogP contribution in [-0.4, -0.2) is 22.6 Å². The van der Waals surface area contributed by atoms with Crippen molar-refractivity contribution in [1.29, 1.82) is 0 Å². The normalized spacial score (nSPS) is 23.6. The minimum absolute atomic E-state index is 0.638. The molecule has 2 fully saturated rings. The predicted octanol–water partition coefficient (Wildman–Crippen LogP) is 2.42. The highest BCUT2D eigenvalue weighted by Gasteiger charge is 2.38. The Morgan fingerprint density at radius 3 is 2.67 bits per heavy atom. The fourth-order valence-corrected chi connectivity index (χ4v) is 3.58. The Hall–Kier alpha value is -2.14. The zero-order valence-electron chi connectivity index (χ0n) is 11.9. The molecule has 108 valence electrons. The summed E-state index contributed by atoms with van der Waals surface area (Å²) < 4.78 is 0. The van der Waals surface area contributed by atoms with Gasteiger partial charge in [-0.25, -0.2) is 15.8 Å². The number of nitrogens with zero attached hydrogens (tertiary/aromatic N) is 3. The summed E-state index contributed by atoms with van der Waals surface area (Å²) in [6.45, 7) is 1.11. The standard InChI is InChI=1S/C16H19N5/c17-20-14-9-15(21-10-11-6-7-13(21)8-11)19-16(18-14)12-4-2-1-3-5-12/h1-5,9,11,13H,6-8,10,17H2,(H,18,19,20). The maximum absolute atomic E-state index is 5.58. The Kier molecular flexibility index (Phi) is 3.00. The summed E-state index contributed by atoms with van der Waals surface area (Å²) in [4.78, 5) is 11.7. The first kappa shape index (κ1) is 12.6. The molecule has 1 saturated carbocycles. The van der Waals surface area contributed by atoms with Crippen LogP contribution in [0.2, 0.25) is 0 Å². The van der Waals surface area contributed by atoms with E-state index < -0.39 is 0 Å². The highest BCUT2D eigenvalue weighted by Crippen LogP contribution is 2.40. The molecule has 2 aromatic rings. The minimum atomic E-state index is 0.638. The molecule has 5 nitrogen and oxygen atoms in total. The molecule has 2 unspecified atom stereocenters. The van der Waals surface area contributed by atoms with Gasteiger partial charge in [-0.1, -0.05) is 30.3 Å². The Labute approximate surface area is 124 Å². The quantitative estimate of drug-likeness (QED) is 0.668. The van der Waals surface area contributed by atoms with E-state index in [2.05, 4.69) is 15.3 Å². The van der Waals surface area contributed by atoms with E-state index in [1.165, 1.54) is 19.3 Å². The number of hydrogen-bond acceptors (Lipinski definition) is 5. The molecular formula is C16H19N5. The lowest BCUT2D eigenvalue weighted by Gasteiger charge is -2.28. The Morgan fingerprint density at radius 2 is 2.00 bits per heavy atom. The third-order valence-electron chi connectivity index (χ3n) is 4.60. The highest BCUT2D eigenvalue weighted by molar-refractivity contribution is 5.62. The van der Waals surface area contributed by atoms with E-state index in [1.54, 1.807) is 0 Å². The van der Waals surface area contributed by atoms with Crippen LogP contribution >= 0.6 is 0 Å². The highest BCUT2D eigenvalue weighted by atomic mass is 15.3. The van der Waals surface area contributed by atoms with Gasteiger partial charge >= 0.3 is 0 Å². The molecule has 1 aromatic heterocycles. The predicted molar refractivity (Wildman–Crippen MR) is 83.8 cm³/mol. The van der Waals surface area contributed by atoms with Gasteiger partial charge in [-0.2, -0.15) is 0 Å². The first-order chi connectivity index (χ1) is 10.3. The van der Waals surface area contributed by atoms with Gasteiger partial charge in [0.1, 0.15) is 11.6 Å². The van der Waals surface area contributed by atoms with Crippen LogP contribution in [0, 0.1) is 5.92 Å². The van der Waals surface area contributed by atoms with Crippen LogP contribution in [0.1, 0.15) is 19.3 Å². The average molecular weight is 281 g/mol. The fourth-order valence-electron chi connectivity index (χ4n) is 3.58. The van der Waals surface area contributed by atoms with E-state index in [-0.39, 0.29) is 0 Å². The second kappa shape index (κ2) is 5.00. The summed E-state index contributed by atoms with van der Waals surface area (Å²) in [6.07, 6.45) is 3.94. The molecule has 2 atom stereocenters. The molecule has 0 radical (unpaired) electrons. The maximum Gasteiger partial charge on any atom is 0.163 e. The summed E-state index contributed by atoms with van der Waals surface area (Å²) in [5, 5.41) is 0. The number of nitrogen functional groups attached to an aromatic ring is 1. The van der Waals surface area contributed by atoms with E-state index >= 15 is 0 Å². The topological polar surface area (TPSA) is 67.1 Å². The Balaban J connectivity index is 1.74. The van der Waals surface area contributed by atoms with Gasteiger partial charge in [-0.3, -0.25) is 0 Å². The van der Waals surface area contributed by atoms with Gasteiger partial charge in [0.25, 0.3) is 0 Å². The second-order valence-corrected chi connectivity index (χ2v) is 5.93. The van der Waals surface area contributed by atoms with Crippen molar-refractivity contribution in [2.45, 2.75) is 25.3 Å². The van der Waals surface area contributed by atoms with Gasteiger partial charge in [-0.05, 0) is 25.2 Å². The lowest BCUT2D eigenvalue weighted by atomic mass is 10.1. The zero-order chi connectivity index (χ0) is 14.2. The number of aromatic nitrogens is 2. The fraction of sp³-hybridized carbons (Fsp3) is 0.375. The number of anilines is 2. The number of rotatable bonds is 3. The molecule has 0 spiro atoms. The third kappa shape index (κ3) is 2.23. The van der Waals surface area contributed by atoms with Crippen LogP contribution in [0.4, 0.5) is 11.6 Å². The number of fused-ring (bicyclic) bond motifs is 2. The van der Waals surface area contributed by atoms with Crippen LogP contribution < -0.4 is 16.2 Å². The molecule has 21 heavy (non-hydrogen) atoms. The summed E-state index contributed by atoms with van der Waals surface area (Å²) in [5.41, 5.74) is 3.68. The first-order valence-corrected chi connectivity index (χ1v) is 7.51. The van der Waals surface area contributed by atoms with E-state index in [0.29, 0.717) is 11.9 Å². The molecule has 0 amide bonds. The molecule has 2 heterocycles. The van der Waals surface area contributed by atoms with Crippen LogP contribution in [0.3, 0.4) is 0 Å². The monoisotopic (exact) mass is 281 g/mol. The van der Waals surface area contributed by atoms with Crippen molar-refractivity contribution >= 4 is 11.6 Å². The van der Waals surface area contributed by atoms with Gasteiger partial charge < -0.3 is 10.3 Å².